The molecule has 68 valence electrons. The van der Waals surface area contributed by atoms with E-state index in [0.717, 1.165) is 0 Å². The van der Waals surface area contributed by atoms with Crippen LogP contribution in [0.5, 0.6) is 0 Å². The second kappa shape index (κ2) is 4.87. The number of aliphatic hydroxyl groups excluding tert-OH is 1. The van der Waals surface area contributed by atoms with Crippen molar-refractivity contribution in [1.29, 1.82) is 0 Å². The molecular weight excluding hydrogens is 158 g/mol. The number of hydroxylamine groups is 1. The summed E-state index contributed by atoms with van der Waals surface area (Å²) >= 11 is 0. The summed E-state index contributed by atoms with van der Waals surface area (Å²) in [4.78, 5) is 4.59. The van der Waals surface area contributed by atoms with Crippen LogP contribution in [0.1, 0.15) is 0 Å². The number of hydrogen-bond donors (Lipinski definition) is 2. The maximum Gasteiger partial charge on any atom is 0.0883 e. The molecule has 1 unspecified atom stereocenters. The van der Waals surface area contributed by atoms with Crippen molar-refractivity contribution in [3.63, 3.8) is 0 Å². The van der Waals surface area contributed by atoms with Gasteiger partial charge in [0.25, 0.3) is 0 Å². The average molecular weight is 171 g/mol. The minimum atomic E-state index is -0.482. The summed E-state index contributed by atoms with van der Waals surface area (Å²) in [5.74, 6) is 0. The lowest BCUT2D eigenvalue weighted by Crippen LogP contribution is -2.29. The minimum Gasteiger partial charge on any atom is -0.390 e. The highest BCUT2D eigenvalue weighted by Crippen LogP contribution is 1.89. The molecule has 2 N–H and O–H groups in total. The lowest BCUT2D eigenvalue weighted by atomic mass is 10.3. The van der Waals surface area contributed by atoms with Gasteiger partial charge in [-0.3, -0.25) is 4.68 Å². The lowest BCUT2D eigenvalue weighted by Gasteiger charge is -2.09. The van der Waals surface area contributed by atoms with E-state index in [1.807, 2.05) is 6.07 Å². The molecule has 1 aromatic heterocycles. The molecule has 0 saturated carbocycles. The van der Waals surface area contributed by atoms with Crippen LogP contribution in [0, 0.1) is 0 Å². The van der Waals surface area contributed by atoms with Crippen molar-refractivity contribution < 1.29 is 9.94 Å². The number of nitrogens with zero attached hydrogens (tertiary/aromatic N) is 2. The highest BCUT2D eigenvalue weighted by atomic mass is 16.6. The van der Waals surface area contributed by atoms with Gasteiger partial charge in [-0.2, -0.15) is 5.10 Å². The number of aliphatic hydroxyl groups is 1. The fourth-order valence-electron chi connectivity index (χ4n) is 0.868. The minimum absolute atomic E-state index is 0.399. The first-order chi connectivity index (χ1) is 5.83. The largest absolute Gasteiger partial charge is 0.390 e. The number of nitrogens with one attached hydrogen (secondary N) is 1. The van der Waals surface area contributed by atoms with E-state index in [-0.39, 0.29) is 0 Å². The van der Waals surface area contributed by atoms with Gasteiger partial charge in [0.2, 0.25) is 0 Å². The van der Waals surface area contributed by atoms with Crippen molar-refractivity contribution in [2.24, 2.45) is 0 Å². The monoisotopic (exact) mass is 171 g/mol. The molecule has 5 heteroatoms. The Morgan fingerprint density at radius 3 is 3.17 bits per heavy atom. The molecule has 0 aliphatic rings. The molecule has 0 fully saturated rings. The average Bonchev–Trinajstić information content (AvgIpc) is 2.53. The molecule has 5 nitrogen and oxygen atoms in total. The molecule has 0 aliphatic heterocycles. The van der Waals surface area contributed by atoms with E-state index in [1.54, 1.807) is 17.1 Å². The second-order valence-corrected chi connectivity index (χ2v) is 2.43. The van der Waals surface area contributed by atoms with Crippen LogP contribution in [0.4, 0.5) is 0 Å². The molecule has 0 aliphatic carbocycles. The topological polar surface area (TPSA) is 59.3 Å². The molecule has 1 aromatic rings. The van der Waals surface area contributed by atoms with E-state index in [0.29, 0.717) is 13.1 Å². The molecule has 0 radical (unpaired) electrons. The fraction of sp³-hybridized carbons (Fsp3) is 0.571. The smallest absolute Gasteiger partial charge is 0.0883 e. The normalized spacial score (nSPS) is 13.2. The van der Waals surface area contributed by atoms with Gasteiger partial charge in [-0.25, -0.2) is 5.48 Å². The Hall–Kier alpha value is -0.910. The molecular formula is C7H13N3O2. The van der Waals surface area contributed by atoms with Crippen molar-refractivity contribution in [2.45, 2.75) is 12.6 Å². The van der Waals surface area contributed by atoms with E-state index < -0.39 is 6.10 Å². The van der Waals surface area contributed by atoms with Crippen molar-refractivity contribution >= 4 is 0 Å². The summed E-state index contributed by atoms with van der Waals surface area (Å²) in [5, 5.41) is 13.3. The summed E-state index contributed by atoms with van der Waals surface area (Å²) < 4.78 is 1.67. The zero-order valence-electron chi connectivity index (χ0n) is 6.97. The highest BCUT2D eigenvalue weighted by Gasteiger charge is 2.03. The van der Waals surface area contributed by atoms with Crippen LogP contribution in [-0.4, -0.2) is 34.6 Å². The van der Waals surface area contributed by atoms with Gasteiger partial charge in [0, 0.05) is 18.9 Å². The maximum absolute atomic E-state index is 9.35. The summed E-state index contributed by atoms with van der Waals surface area (Å²) in [6.45, 7) is 0.875. The Morgan fingerprint density at radius 1 is 1.75 bits per heavy atom. The summed E-state index contributed by atoms with van der Waals surface area (Å²) in [6, 6.07) is 1.82. The van der Waals surface area contributed by atoms with E-state index in [9.17, 15) is 5.11 Å². The standard InChI is InChI=1S/C7H13N3O2/c1-12-9-5-7(11)6-10-4-2-3-8-10/h2-4,7,9,11H,5-6H2,1H3. The van der Waals surface area contributed by atoms with Crippen molar-refractivity contribution in [3.8, 4) is 0 Å². The van der Waals surface area contributed by atoms with E-state index >= 15 is 0 Å². The molecule has 1 rings (SSSR count). The van der Waals surface area contributed by atoms with Crippen LogP contribution in [0.15, 0.2) is 18.5 Å². The van der Waals surface area contributed by atoms with Crippen LogP contribution in [0.2, 0.25) is 0 Å². The first-order valence-corrected chi connectivity index (χ1v) is 3.74. The Balaban J connectivity index is 2.22. The maximum atomic E-state index is 9.35. The van der Waals surface area contributed by atoms with Gasteiger partial charge in [0.15, 0.2) is 0 Å². The molecule has 0 aromatic carbocycles. The van der Waals surface area contributed by atoms with Crippen LogP contribution >= 0.6 is 0 Å². The van der Waals surface area contributed by atoms with E-state index in [4.69, 9.17) is 0 Å². The van der Waals surface area contributed by atoms with Crippen molar-refractivity contribution in [1.82, 2.24) is 15.3 Å². The molecule has 0 amide bonds. The van der Waals surface area contributed by atoms with Gasteiger partial charge in [0.1, 0.15) is 0 Å². The van der Waals surface area contributed by atoms with Crippen LogP contribution in [0.25, 0.3) is 0 Å². The fourth-order valence-corrected chi connectivity index (χ4v) is 0.868. The van der Waals surface area contributed by atoms with Gasteiger partial charge in [0.05, 0.1) is 19.8 Å². The Kier molecular flexibility index (Phi) is 3.72. The Bertz CT molecular complexity index is 200. The van der Waals surface area contributed by atoms with Gasteiger partial charge in [-0.15, -0.1) is 0 Å². The van der Waals surface area contributed by atoms with E-state index in [2.05, 4.69) is 15.4 Å². The van der Waals surface area contributed by atoms with Gasteiger partial charge in [-0.1, -0.05) is 0 Å². The molecule has 0 spiro atoms. The Morgan fingerprint density at radius 2 is 2.58 bits per heavy atom. The summed E-state index contributed by atoms with van der Waals surface area (Å²) in [5.41, 5.74) is 2.57. The highest BCUT2D eigenvalue weighted by molar-refractivity contribution is 4.78. The number of rotatable bonds is 5. The predicted octanol–water partition coefficient (Wildman–Crippen LogP) is -0.605. The quantitative estimate of drug-likeness (QED) is 0.580. The van der Waals surface area contributed by atoms with Crippen molar-refractivity contribution in [3.05, 3.63) is 18.5 Å². The van der Waals surface area contributed by atoms with Gasteiger partial charge >= 0.3 is 0 Å². The molecule has 0 saturated heterocycles. The lowest BCUT2D eigenvalue weighted by molar-refractivity contribution is 0.0434. The Labute approximate surface area is 70.9 Å². The second-order valence-electron chi connectivity index (χ2n) is 2.43. The third-order valence-corrected chi connectivity index (χ3v) is 1.42. The first-order valence-electron chi connectivity index (χ1n) is 3.74. The van der Waals surface area contributed by atoms with E-state index in [1.165, 1.54) is 7.11 Å². The predicted molar refractivity (Wildman–Crippen MR) is 43.2 cm³/mol. The van der Waals surface area contributed by atoms with Crippen molar-refractivity contribution in [2.75, 3.05) is 13.7 Å². The molecule has 1 heterocycles. The van der Waals surface area contributed by atoms with Crippen LogP contribution in [-0.2, 0) is 11.4 Å². The van der Waals surface area contributed by atoms with Gasteiger partial charge in [-0.05, 0) is 6.07 Å². The third-order valence-electron chi connectivity index (χ3n) is 1.42. The number of aromatic nitrogens is 2. The first kappa shape index (κ1) is 9.18. The summed E-state index contributed by atoms with van der Waals surface area (Å²) in [6.07, 6.45) is 3.00. The SMILES string of the molecule is CONCC(O)Cn1cccn1. The zero-order chi connectivity index (χ0) is 8.81. The third kappa shape index (κ3) is 3.00. The molecule has 1 atom stereocenters. The zero-order valence-corrected chi connectivity index (χ0v) is 6.97. The van der Waals surface area contributed by atoms with Crippen LogP contribution < -0.4 is 5.48 Å². The van der Waals surface area contributed by atoms with Crippen LogP contribution in [0.3, 0.4) is 0 Å². The van der Waals surface area contributed by atoms with Gasteiger partial charge < -0.3 is 9.94 Å². The number of hydrogen-bond acceptors (Lipinski definition) is 4. The summed E-state index contributed by atoms with van der Waals surface area (Å²) in [7, 11) is 1.51. The molecule has 0 bridgehead atoms. The molecule has 12 heavy (non-hydrogen) atoms.